The molecule has 1 amide bonds. The summed E-state index contributed by atoms with van der Waals surface area (Å²) in [5, 5.41) is 10.7. The highest BCUT2D eigenvalue weighted by Gasteiger charge is 2.28. The van der Waals surface area contributed by atoms with Crippen LogP contribution in [-0.4, -0.2) is 39.9 Å². The molecule has 8 nitrogen and oxygen atoms in total. The standard InChI is InChI=1S/C17H18N4O4S/c1-11(2)5-6-20-16(22)9-26-17-19-18-15(21(17)20)8-23-12-3-4-13-14(7-12)25-10-24-13/h3-5,7H,6,8-10H2,1-2H3. The van der Waals surface area contributed by atoms with Crippen LogP contribution in [0.15, 0.2) is 35.0 Å². The Morgan fingerprint density at radius 2 is 2.15 bits per heavy atom. The molecule has 1 aromatic carbocycles. The molecule has 0 saturated heterocycles. The Morgan fingerprint density at radius 3 is 3.00 bits per heavy atom. The SMILES string of the molecule is CC(C)=CCN1C(=O)CSc2nnc(COc3ccc4c(c3)OCO4)n21. The van der Waals surface area contributed by atoms with E-state index in [0.29, 0.717) is 40.5 Å². The first-order valence-electron chi connectivity index (χ1n) is 8.15. The van der Waals surface area contributed by atoms with Crippen molar-refractivity contribution < 1.29 is 19.0 Å². The summed E-state index contributed by atoms with van der Waals surface area (Å²) in [6, 6.07) is 5.38. The van der Waals surface area contributed by atoms with Crippen molar-refractivity contribution in [1.29, 1.82) is 0 Å². The van der Waals surface area contributed by atoms with Crippen LogP contribution in [0.4, 0.5) is 0 Å². The first-order chi connectivity index (χ1) is 12.6. The summed E-state index contributed by atoms with van der Waals surface area (Å²) in [5.41, 5.74) is 1.14. The maximum atomic E-state index is 12.4. The van der Waals surface area contributed by atoms with Crippen LogP contribution < -0.4 is 19.2 Å². The van der Waals surface area contributed by atoms with Gasteiger partial charge in [0.1, 0.15) is 12.4 Å². The van der Waals surface area contributed by atoms with Crippen LogP contribution in [0.1, 0.15) is 19.7 Å². The van der Waals surface area contributed by atoms with Gasteiger partial charge in [0.05, 0.1) is 12.3 Å². The first-order valence-corrected chi connectivity index (χ1v) is 9.14. The molecule has 26 heavy (non-hydrogen) atoms. The lowest BCUT2D eigenvalue weighted by molar-refractivity contribution is -0.117. The highest BCUT2D eigenvalue weighted by Crippen LogP contribution is 2.35. The molecule has 0 spiro atoms. The highest BCUT2D eigenvalue weighted by molar-refractivity contribution is 7.99. The van der Waals surface area contributed by atoms with E-state index < -0.39 is 0 Å². The van der Waals surface area contributed by atoms with E-state index in [1.54, 1.807) is 21.8 Å². The molecule has 0 radical (unpaired) electrons. The molecule has 2 aromatic rings. The smallest absolute Gasteiger partial charge is 0.252 e. The van der Waals surface area contributed by atoms with Crippen molar-refractivity contribution >= 4 is 17.7 Å². The largest absolute Gasteiger partial charge is 0.485 e. The first kappa shape index (κ1) is 16.8. The third-order valence-electron chi connectivity index (χ3n) is 3.92. The minimum absolute atomic E-state index is 0.0177. The number of allylic oxidation sites excluding steroid dienone is 1. The second-order valence-electron chi connectivity index (χ2n) is 6.06. The van der Waals surface area contributed by atoms with E-state index in [4.69, 9.17) is 14.2 Å². The average Bonchev–Trinajstić information content (AvgIpc) is 3.25. The van der Waals surface area contributed by atoms with Crippen molar-refractivity contribution in [2.24, 2.45) is 0 Å². The van der Waals surface area contributed by atoms with Crippen molar-refractivity contribution in [1.82, 2.24) is 14.9 Å². The van der Waals surface area contributed by atoms with Crippen LogP contribution in [0, 0.1) is 0 Å². The molecule has 0 saturated carbocycles. The van der Waals surface area contributed by atoms with E-state index in [-0.39, 0.29) is 19.3 Å². The van der Waals surface area contributed by atoms with Crippen LogP contribution in [0.25, 0.3) is 0 Å². The van der Waals surface area contributed by atoms with Gasteiger partial charge in [0, 0.05) is 6.07 Å². The van der Waals surface area contributed by atoms with Gasteiger partial charge in [-0.25, -0.2) is 9.69 Å². The molecular weight excluding hydrogens is 356 g/mol. The molecule has 9 heteroatoms. The second kappa shape index (κ2) is 6.91. The molecule has 0 bridgehead atoms. The number of ether oxygens (including phenoxy) is 3. The molecule has 0 fully saturated rings. The summed E-state index contributed by atoms with van der Waals surface area (Å²) in [5.74, 6) is 2.94. The number of amides is 1. The van der Waals surface area contributed by atoms with E-state index in [2.05, 4.69) is 10.2 Å². The molecule has 0 aliphatic carbocycles. The fraction of sp³-hybridized carbons (Fsp3) is 0.353. The van der Waals surface area contributed by atoms with Crippen LogP contribution in [0.5, 0.6) is 17.2 Å². The van der Waals surface area contributed by atoms with Crippen LogP contribution >= 0.6 is 11.8 Å². The minimum atomic E-state index is 0.0177. The molecule has 0 N–H and O–H groups in total. The third kappa shape index (κ3) is 3.22. The van der Waals surface area contributed by atoms with Gasteiger partial charge in [0.2, 0.25) is 11.9 Å². The molecular formula is C17H18N4O4S. The van der Waals surface area contributed by atoms with Gasteiger partial charge in [-0.1, -0.05) is 23.4 Å². The number of thioether (sulfide) groups is 1. The van der Waals surface area contributed by atoms with Gasteiger partial charge >= 0.3 is 0 Å². The zero-order chi connectivity index (χ0) is 18.1. The lowest BCUT2D eigenvalue weighted by Crippen LogP contribution is -2.46. The van der Waals surface area contributed by atoms with Crippen molar-refractivity contribution in [3.05, 3.63) is 35.7 Å². The number of carbonyl (C=O) groups is 1. The maximum Gasteiger partial charge on any atom is 0.252 e. The molecule has 0 atom stereocenters. The highest BCUT2D eigenvalue weighted by atomic mass is 32.2. The zero-order valence-electron chi connectivity index (χ0n) is 14.5. The summed E-state index contributed by atoms with van der Waals surface area (Å²) in [4.78, 5) is 12.4. The third-order valence-corrected chi connectivity index (χ3v) is 4.82. The maximum absolute atomic E-state index is 12.4. The normalized spacial score (nSPS) is 15.0. The fourth-order valence-electron chi connectivity index (χ4n) is 2.60. The Balaban J connectivity index is 1.54. The van der Waals surface area contributed by atoms with E-state index in [1.165, 1.54) is 11.8 Å². The molecule has 2 aliphatic heterocycles. The molecule has 0 unspecified atom stereocenters. The van der Waals surface area contributed by atoms with Gasteiger partial charge in [-0.3, -0.25) is 4.79 Å². The van der Waals surface area contributed by atoms with Crippen molar-refractivity contribution in [2.75, 3.05) is 24.1 Å². The van der Waals surface area contributed by atoms with Crippen LogP contribution in [0.3, 0.4) is 0 Å². The average molecular weight is 374 g/mol. The van der Waals surface area contributed by atoms with Gasteiger partial charge in [-0.05, 0) is 26.0 Å². The number of carbonyl (C=O) groups excluding carboxylic acids is 1. The van der Waals surface area contributed by atoms with E-state index >= 15 is 0 Å². The Hall–Kier alpha value is -2.68. The van der Waals surface area contributed by atoms with Gasteiger partial charge in [-0.2, -0.15) is 0 Å². The molecule has 1 aromatic heterocycles. The topological polar surface area (TPSA) is 78.7 Å². The number of benzene rings is 1. The Bertz CT molecular complexity index is 876. The Labute approximate surface area is 154 Å². The van der Waals surface area contributed by atoms with Crippen molar-refractivity contribution in [2.45, 2.75) is 25.6 Å². The lowest BCUT2D eigenvalue weighted by atomic mass is 10.3. The van der Waals surface area contributed by atoms with Gasteiger partial charge in [0.25, 0.3) is 5.91 Å². The van der Waals surface area contributed by atoms with Gasteiger partial charge in [0.15, 0.2) is 17.3 Å². The summed E-state index contributed by atoms with van der Waals surface area (Å²) >= 11 is 1.38. The second-order valence-corrected chi connectivity index (χ2v) is 7.00. The molecule has 4 rings (SSSR count). The Morgan fingerprint density at radius 1 is 1.31 bits per heavy atom. The quantitative estimate of drug-likeness (QED) is 0.742. The Kier molecular flexibility index (Phi) is 4.46. The molecule has 3 heterocycles. The lowest BCUT2D eigenvalue weighted by Gasteiger charge is -2.28. The number of rotatable bonds is 5. The van der Waals surface area contributed by atoms with E-state index in [9.17, 15) is 4.79 Å². The van der Waals surface area contributed by atoms with Crippen molar-refractivity contribution in [3.8, 4) is 17.2 Å². The predicted molar refractivity (Wildman–Crippen MR) is 95.2 cm³/mol. The monoisotopic (exact) mass is 374 g/mol. The van der Waals surface area contributed by atoms with Crippen molar-refractivity contribution in [3.63, 3.8) is 0 Å². The predicted octanol–water partition coefficient (Wildman–Crippen LogP) is 2.12. The number of hydrogen-bond donors (Lipinski definition) is 0. The van der Waals surface area contributed by atoms with E-state index in [0.717, 1.165) is 5.57 Å². The number of hydrogen-bond acceptors (Lipinski definition) is 7. The zero-order valence-corrected chi connectivity index (χ0v) is 15.3. The molecule has 136 valence electrons. The van der Waals surface area contributed by atoms with E-state index in [1.807, 2.05) is 26.0 Å². The van der Waals surface area contributed by atoms with Gasteiger partial charge in [-0.15, -0.1) is 10.2 Å². The summed E-state index contributed by atoms with van der Waals surface area (Å²) in [6.45, 7) is 4.88. The van der Waals surface area contributed by atoms with Crippen LogP contribution in [0.2, 0.25) is 0 Å². The fourth-order valence-corrected chi connectivity index (χ4v) is 3.42. The number of nitrogens with zero attached hydrogens (tertiary/aromatic N) is 4. The number of fused-ring (bicyclic) bond motifs is 2. The van der Waals surface area contributed by atoms with Crippen LogP contribution in [-0.2, 0) is 11.4 Å². The minimum Gasteiger partial charge on any atom is -0.485 e. The van der Waals surface area contributed by atoms with Gasteiger partial charge < -0.3 is 14.2 Å². The molecule has 2 aliphatic rings. The number of aromatic nitrogens is 3. The summed E-state index contributed by atoms with van der Waals surface area (Å²) < 4.78 is 18.2. The summed E-state index contributed by atoms with van der Waals surface area (Å²) in [6.07, 6.45) is 2.00. The summed E-state index contributed by atoms with van der Waals surface area (Å²) in [7, 11) is 0.